The highest BCUT2D eigenvalue weighted by Crippen LogP contribution is 2.09. The SMILES string of the molecule is CCN(CC(=O)O)CC(=O)Nc1nccs1. The van der Waals surface area contributed by atoms with Gasteiger partial charge < -0.3 is 10.4 Å². The highest BCUT2D eigenvalue weighted by atomic mass is 32.1. The van der Waals surface area contributed by atoms with Gasteiger partial charge >= 0.3 is 5.97 Å². The molecule has 1 aromatic rings. The second kappa shape index (κ2) is 6.19. The quantitative estimate of drug-likeness (QED) is 0.759. The first-order valence-corrected chi connectivity index (χ1v) is 5.63. The van der Waals surface area contributed by atoms with Gasteiger partial charge in [-0.05, 0) is 6.54 Å². The number of carbonyl (C=O) groups is 2. The number of hydrogen-bond donors (Lipinski definition) is 2. The van der Waals surface area contributed by atoms with Gasteiger partial charge in [0.05, 0.1) is 13.1 Å². The molecular formula is C9H13N3O3S. The number of nitrogens with one attached hydrogen (secondary N) is 1. The van der Waals surface area contributed by atoms with Crippen molar-refractivity contribution in [1.29, 1.82) is 0 Å². The van der Waals surface area contributed by atoms with Gasteiger partial charge in [0, 0.05) is 11.6 Å². The predicted octanol–water partition coefficient (Wildman–Crippen LogP) is 0.488. The zero-order valence-electron chi connectivity index (χ0n) is 8.84. The first-order chi connectivity index (χ1) is 7.61. The number of nitrogens with zero attached hydrogens (tertiary/aromatic N) is 2. The third-order valence-corrected chi connectivity index (χ3v) is 2.54. The minimum absolute atomic E-state index is 0.0579. The summed E-state index contributed by atoms with van der Waals surface area (Å²) in [6.07, 6.45) is 1.59. The van der Waals surface area contributed by atoms with Crippen molar-refractivity contribution in [2.24, 2.45) is 0 Å². The summed E-state index contributed by atoms with van der Waals surface area (Å²) < 4.78 is 0. The van der Waals surface area contributed by atoms with E-state index in [-0.39, 0.29) is 19.0 Å². The Morgan fingerprint density at radius 2 is 2.31 bits per heavy atom. The third-order valence-electron chi connectivity index (χ3n) is 1.85. The summed E-state index contributed by atoms with van der Waals surface area (Å²) in [4.78, 5) is 27.4. The highest BCUT2D eigenvalue weighted by molar-refractivity contribution is 7.13. The van der Waals surface area contributed by atoms with Crippen LogP contribution in [0.15, 0.2) is 11.6 Å². The topological polar surface area (TPSA) is 82.5 Å². The maximum absolute atomic E-state index is 11.5. The van der Waals surface area contributed by atoms with Crippen LogP contribution in [-0.2, 0) is 9.59 Å². The van der Waals surface area contributed by atoms with Gasteiger partial charge in [-0.2, -0.15) is 0 Å². The molecule has 16 heavy (non-hydrogen) atoms. The zero-order valence-corrected chi connectivity index (χ0v) is 9.66. The van der Waals surface area contributed by atoms with Crippen molar-refractivity contribution in [3.8, 4) is 0 Å². The lowest BCUT2D eigenvalue weighted by atomic mass is 10.4. The maximum Gasteiger partial charge on any atom is 0.317 e. The number of hydrogen-bond acceptors (Lipinski definition) is 5. The molecule has 1 heterocycles. The summed E-state index contributed by atoms with van der Waals surface area (Å²) in [6, 6.07) is 0. The summed E-state index contributed by atoms with van der Waals surface area (Å²) in [6.45, 7) is 2.24. The molecule has 0 radical (unpaired) electrons. The van der Waals surface area contributed by atoms with Crippen molar-refractivity contribution in [3.05, 3.63) is 11.6 Å². The number of aromatic nitrogens is 1. The number of thiazole rings is 1. The lowest BCUT2D eigenvalue weighted by molar-refractivity contribution is -0.138. The molecule has 0 saturated heterocycles. The molecule has 0 aliphatic carbocycles. The lowest BCUT2D eigenvalue weighted by Gasteiger charge is -2.16. The maximum atomic E-state index is 11.5. The summed E-state index contributed by atoms with van der Waals surface area (Å²) in [5.41, 5.74) is 0. The van der Waals surface area contributed by atoms with E-state index in [2.05, 4.69) is 10.3 Å². The molecule has 0 spiro atoms. The van der Waals surface area contributed by atoms with Gasteiger partial charge in [0.2, 0.25) is 5.91 Å². The first kappa shape index (κ1) is 12.6. The molecule has 6 nitrogen and oxygen atoms in total. The molecule has 0 unspecified atom stereocenters. The lowest BCUT2D eigenvalue weighted by Crippen LogP contribution is -2.36. The number of likely N-dealkylation sites (N-methyl/N-ethyl adjacent to an activating group) is 1. The molecule has 7 heteroatoms. The van der Waals surface area contributed by atoms with E-state index in [1.165, 1.54) is 16.2 Å². The molecule has 0 bridgehead atoms. The summed E-state index contributed by atoms with van der Waals surface area (Å²) in [5, 5.41) is 13.5. The number of carbonyl (C=O) groups excluding carboxylic acids is 1. The second-order valence-corrected chi connectivity index (χ2v) is 3.98. The Balaban J connectivity index is 2.40. The fraction of sp³-hybridized carbons (Fsp3) is 0.444. The van der Waals surface area contributed by atoms with E-state index >= 15 is 0 Å². The fourth-order valence-corrected chi connectivity index (χ4v) is 1.66. The number of amides is 1. The monoisotopic (exact) mass is 243 g/mol. The Bertz CT molecular complexity index is 353. The molecule has 0 aromatic carbocycles. The smallest absolute Gasteiger partial charge is 0.317 e. The molecule has 2 N–H and O–H groups in total. The van der Waals surface area contributed by atoms with E-state index in [4.69, 9.17) is 5.11 Å². The third kappa shape index (κ3) is 4.37. The Labute approximate surface area is 96.9 Å². The minimum Gasteiger partial charge on any atom is -0.480 e. The summed E-state index contributed by atoms with van der Waals surface area (Å²) in [5.74, 6) is -1.19. The molecule has 1 amide bonds. The average molecular weight is 243 g/mol. The van der Waals surface area contributed by atoms with Crippen molar-refractivity contribution < 1.29 is 14.7 Å². The van der Waals surface area contributed by atoms with Gasteiger partial charge in [-0.1, -0.05) is 6.92 Å². The molecule has 0 aliphatic heterocycles. The van der Waals surface area contributed by atoms with Gasteiger partial charge in [0.1, 0.15) is 0 Å². The van der Waals surface area contributed by atoms with Crippen LogP contribution in [0.3, 0.4) is 0 Å². The van der Waals surface area contributed by atoms with Crippen LogP contribution >= 0.6 is 11.3 Å². The standard InChI is InChI=1S/C9H13N3O3S/c1-2-12(6-8(14)15)5-7(13)11-9-10-3-4-16-9/h3-4H,2,5-6H2,1H3,(H,14,15)(H,10,11,13). The molecule has 1 rings (SSSR count). The number of aliphatic carboxylic acids is 1. The van der Waals surface area contributed by atoms with E-state index in [0.29, 0.717) is 11.7 Å². The normalized spacial score (nSPS) is 10.4. The van der Waals surface area contributed by atoms with Crippen LogP contribution in [0, 0.1) is 0 Å². The number of carboxylic acid groups (broad SMARTS) is 1. The van der Waals surface area contributed by atoms with Crippen molar-refractivity contribution in [1.82, 2.24) is 9.88 Å². The number of carboxylic acids is 1. The van der Waals surface area contributed by atoms with E-state index in [9.17, 15) is 9.59 Å². The van der Waals surface area contributed by atoms with E-state index in [1.54, 1.807) is 18.5 Å². The molecule has 0 aliphatic rings. The molecule has 0 saturated carbocycles. The van der Waals surface area contributed by atoms with Crippen LogP contribution < -0.4 is 5.32 Å². The Hall–Kier alpha value is -1.47. The molecule has 0 atom stereocenters. The van der Waals surface area contributed by atoms with Crippen molar-refractivity contribution in [2.75, 3.05) is 25.0 Å². The number of anilines is 1. The van der Waals surface area contributed by atoms with E-state index < -0.39 is 5.97 Å². The van der Waals surface area contributed by atoms with Crippen LogP contribution in [0.5, 0.6) is 0 Å². The highest BCUT2D eigenvalue weighted by Gasteiger charge is 2.12. The van der Waals surface area contributed by atoms with Crippen molar-refractivity contribution in [2.45, 2.75) is 6.92 Å². The van der Waals surface area contributed by atoms with Gasteiger partial charge in [0.15, 0.2) is 5.13 Å². The van der Waals surface area contributed by atoms with Crippen LogP contribution in [0.1, 0.15) is 6.92 Å². The second-order valence-electron chi connectivity index (χ2n) is 3.08. The van der Waals surface area contributed by atoms with Gasteiger partial charge in [0.25, 0.3) is 0 Å². The van der Waals surface area contributed by atoms with Crippen LogP contribution in [0.2, 0.25) is 0 Å². The van der Waals surface area contributed by atoms with Gasteiger partial charge in [-0.3, -0.25) is 14.5 Å². The minimum atomic E-state index is -0.941. The Morgan fingerprint density at radius 3 is 2.81 bits per heavy atom. The largest absolute Gasteiger partial charge is 0.480 e. The fourth-order valence-electron chi connectivity index (χ4n) is 1.12. The average Bonchev–Trinajstić information content (AvgIpc) is 2.68. The van der Waals surface area contributed by atoms with E-state index in [0.717, 1.165) is 0 Å². The van der Waals surface area contributed by atoms with Crippen LogP contribution in [-0.4, -0.2) is 46.5 Å². The Morgan fingerprint density at radius 1 is 1.56 bits per heavy atom. The first-order valence-electron chi connectivity index (χ1n) is 4.75. The van der Waals surface area contributed by atoms with Crippen molar-refractivity contribution >= 4 is 28.3 Å². The molecule has 1 aromatic heterocycles. The van der Waals surface area contributed by atoms with Gasteiger partial charge in [-0.25, -0.2) is 4.98 Å². The predicted molar refractivity (Wildman–Crippen MR) is 60.5 cm³/mol. The van der Waals surface area contributed by atoms with Crippen LogP contribution in [0.25, 0.3) is 0 Å². The molecule has 0 fully saturated rings. The zero-order chi connectivity index (χ0) is 12.0. The van der Waals surface area contributed by atoms with Crippen LogP contribution in [0.4, 0.5) is 5.13 Å². The van der Waals surface area contributed by atoms with E-state index in [1.807, 2.05) is 0 Å². The Kier molecular flexibility index (Phi) is 4.87. The van der Waals surface area contributed by atoms with Gasteiger partial charge in [-0.15, -0.1) is 11.3 Å². The van der Waals surface area contributed by atoms with Crippen molar-refractivity contribution in [3.63, 3.8) is 0 Å². The summed E-state index contributed by atoms with van der Waals surface area (Å²) >= 11 is 1.32. The number of rotatable bonds is 6. The molecule has 88 valence electrons. The molecular weight excluding hydrogens is 230 g/mol. The summed E-state index contributed by atoms with van der Waals surface area (Å²) in [7, 11) is 0.